The number of carbonyl (C=O) groups excluding carboxylic acids is 2. The maximum absolute atomic E-state index is 11.9. The third-order valence-corrected chi connectivity index (χ3v) is 2.48. The van der Waals surface area contributed by atoms with E-state index in [1.165, 1.54) is 7.11 Å². The van der Waals surface area contributed by atoms with E-state index >= 15 is 0 Å². The molecule has 0 atom stereocenters. The first-order valence-corrected chi connectivity index (χ1v) is 6.07. The van der Waals surface area contributed by atoms with E-state index in [4.69, 9.17) is 10.5 Å². The van der Waals surface area contributed by atoms with Gasteiger partial charge in [-0.3, -0.25) is 9.59 Å². The highest BCUT2D eigenvalue weighted by Gasteiger charge is 2.14. The molecule has 104 valence electrons. The van der Waals surface area contributed by atoms with Crippen molar-refractivity contribution in [1.82, 2.24) is 10.6 Å². The largest absolute Gasteiger partial charge is 0.494 e. The zero-order valence-electron chi connectivity index (χ0n) is 11.2. The van der Waals surface area contributed by atoms with Gasteiger partial charge in [-0.15, -0.1) is 0 Å². The van der Waals surface area contributed by atoms with E-state index < -0.39 is 5.91 Å². The van der Waals surface area contributed by atoms with Gasteiger partial charge in [-0.2, -0.15) is 0 Å². The molecular weight excluding hydrogens is 246 g/mol. The topological polar surface area (TPSA) is 93.5 Å². The fourth-order valence-corrected chi connectivity index (χ4v) is 1.54. The molecule has 0 saturated heterocycles. The lowest BCUT2D eigenvalue weighted by atomic mass is 10.1. The van der Waals surface area contributed by atoms with Crippen molar-refractivity contribution in [3.8, 4) is 5.75 Å². The lowest BCUT2D eigenvalue weighted by Crippen LogP contribution is -2.37. The first-order chi connectivity index (χ1) is 9.10. The SMILES string of the molecule is CCCNC(=O)CNC(=O)c1cccc(N)c1OC. The Hall–Kier alpha value is -2.24. The van der Waals surface area contributed by atoms with E-state index in [2.05, 4.69) is 10.6 Å². The minimum absolute atomic E-state index is 0.0726. The number of nitrogens with one attached hydrogen (secondary N) is 2. The number of hydrogen-bond acceptors (Lipinski definition) is 4. The quantitative estimate of drug-likeness (QED) is 0.654. The molecule has 0 aliphatic carbocycles. The van der Waals surface area contributed by atoms with E-state index in [1.54, 1.807) is 18.2 Å². The summed E-state index contributed by atoms with van der Waals surface area (Å²) < 4.78 is 5.08. The van der Waals surface area contributed by atoms with Crippen molar-refractivity contribution in [2.24, 2.45) is 0 Å². The number of benzene rings is 1. The second-order valence-electron chi connectivity index (χ2n) is 3.96. The van der Waals surface area contributed by atoms with E-state index in [0.29, 0.717) is 23.5 Å². The summed E-state index contributed by atoms with van der Waals surface area (Å²) in [6.45, 7) is 2.48. The Bertz CT molecular complexity index is 460. The van der Waals surface area contributed by atoms with Crippen LogP contribution < -0.4 is 21.1 Å². The molecule has 6 heteroatoms. The van der Waals surface area contributed by atoms with Crippen molar-refractivity contribution in [2.75, 3.05) is 25.9 Å². The molecule has 0 aliphatic rings. The summed E-state index contributed by atoms with van der Waals surface area (Å²) in [6.07, 6.45) is 0.850. The number of methoxy groups -OCH3 is 1. The van der Waals surface area contributed by atoms with Crippen LogP contribution >= 0.6 is 0 Å². The normalized spacial score (nSPS) is 9.79. The van der Waals surface area contributed by atoms with Crippen LogP contribution in [0.1, 0.15) is 23.7 Å². The number of para-hydroxylation sites is 1. The number of ether oxygens (including phenoxy) is 1. The fourth-order valence-electron chi connectivity index (χ4n) is 1.54. The van der Waals surface area contributed by atoms with Crippen molar-refractivity contribution in [3.05, 3.63) is 23.8 Å². The number of anilines is 1. The van der Waals surface area contributed by atoms with Crippen LogP contribution in [0.4, 0.5) is 5.69 Å². The number of carbonyl (C=O) groups is 2. The average molecular weight is 265 g/mol. The van der Waals surface area contributed by atoms with E-state index in [9.17, 15) is 9.59 Å². The molecule has 2 amide bonds. The predicted molar refractivity (Wildman–Crippen MR) is 73.0 cm³/mol. The number of hydrogen-bond donors (Lipinski definition) is 3. The molecule has 0 spiro atoms. The first-order valence-electron chi connectivity index (χ1n) is 6.07. The van der Waals surface area contributed by atoms with Crippen LogP contribution in [0, 0.1) is 0 Å². The second kappa shape index (κ2) is 7.25. The minimum Gasteiger partial charge on any atom is -0.494 e. The molecule has 0 saturated carbocycles. The summed E-state index contributed by atoms with van der Waals surface area (Å²) in [6, 6.07) is 4.89. The molecule has 0 radical (unpaired) electrons. The third kappa shape index (κ3) is 4.17. The highest BCUT2D eigenvalue weighted by Crippen LogP contribution is 2.25. The first kappa shape index (κ1) is 14.8. The van der Waals surface area contributed by atoms with Crippen molar-refractivity contribution in [1.29, 1.82) is 0 Å². The van der Waals surface area contributed by atoms with Crippen LogP contribution in [0.25, 0.3) is 0 Å². The predicted octanol–water partition coefficient (Wildman–Crippen LogP) is 0.533. The Morgan fingerprint density at radius 2 is 2.05 bits per heavy atom. The zero-order chi connectivity index (χ0) is 14.3. The molecule has 19 heavy (non-hydrogen) atoms. The van der Waals surface area contributed by atoms with Gasteiger partial charge in [0.1, 0.15) is 0 Å². The number of nitrogens with two attached hydrogens (primary N) is 1. The van der Waals surface area contributed by atoms with Gasteiger partial charge in [-0.1, -0.05) is 13.0 Å². The molecule has 6 nitrogen and oxygen atoms in total. The van der Waals surface area contributed by atoms with E-state index in [1.807, 2.05) is 6.92 Å². The van der Waals surface area contributed by atoms with Crippen molar-refractivity contribution in [2.45, 2.75) is 13.3 Å². The van der Waals surface area contributed by atoms with Gasteiger partial charge in [0.25, 0.3) is 5.91 Å². The molecule has 0 heterocycles. The number of nitrogen functional groups attached to an aromatic ring is 1. The Morgan fingerprint density at radius 1 is 1.32 bits per heavy atom. The van der Waals surface area contributed by atoms with Crippen molar-refractivity contribution < 1.29 is 14.3 Å². The average Bonchev–Trinajstić information content (AvgIpc) is 2.42. The van der Waals surface area contributed by atoms with Crippen LogP contribution in [-0.4, -0.2) is 32.0 Å². The number of rotatable bonds is 6. The summed E-state index contributed by atoms with van der Waals surface area (Å²) in [7, 11) is 1.44. The lowest BCUT2D eigenvalue weighted by Gasteiger charge is -2.11. The molecule has 0 unspecified atom stereocenters. The Kier molecular flexibility index (Phi) is 5.66. The van der Waals surface area contributed by atoms with Gasteiger partial charge in [0, 0.05) is 6.54 Å². The van der Waals surface area contributed by atoms with E-state index in [-0.39, 0.29) is 12.5 Å². The Morgan fingerprint density at radius 3 is 2.68 bits per heavy atom. The van der Waals surface area contributed by atoms with Gasteiger partial charge in [-0.05, 0) is 18.6 Å². The second-order valence-corrected chi connectivity index (χ2v) is 3.96. The standard InChI is InChI=1S/C13H19N3O3/c1-3-7-15-11(17)8-16-13(18)9-5-4-6-10(14)12(9)19-2/h4-6H,3,7-8,14H2,1-2H3,(H,15,17)(H,16,18). The third-order valence-electron chi connectivity index (χ3n) is 2.48. The maximum atomic E-state index is 11.9. The van der Waals surface area contributed by atoms with Gasteiger partial charge in [0.05, 0.1) is 24.9 Å². The molecule has 4 N–H and O–H groups in total. The van der Waals surface area contributed by atoms with Crippen LogP contribution in [0.5, 0.6) is 5.75 Å². The van der Waals surface area contributed by atoms with Gasteiger partial charge >= 0.3 is 0 Å². The summed E-state index contributed by atoms with van der Waals surface area (Å²) in [5.41, 5.74) is 6.40. The summed E-state index contributed by atoms with van der Waals surface area (Å²) in [4.78, 5) is 23.3. The molecule has 1 aromatic rings. The smallest absolute Gasteiger partial charge is 0.255 e. The van der Waals surface area contributed by atoms with Crippen LogP contribution in [-0.2, 0) is 4.79 Å². The van der Waals surface area contributed by atoms with Gasteiger partial charge in [0.2, 0.25) is 5.91 Å². The van der Waals surface area contributed by atoms with Crippen LogP contribution in [0.3, 0.4) is 0 Å². The fraction of sp³-hybridized carbons (Fsp3) is 0.385. The van der Waals surface area contributed by atoms with Crippen LogP contribution in [0.2, 0.25) is 0 Å². The molecule has 0 aromatic heterocycles. The highest BCUT2D eigenvalue weighted by atomic mass is 16.5. The van der Waals surface area contributed by atoms with E-state index in [0.717, 1.165) is 6.42 Å². The molecule has 1 aromatic carbocycles. The van der Waals surface area contributed by atoms with Crippen molar-refractivity contribution >= 4 is 17.5 Å². The monoisotopic (exact) mass is 265 g/mol. The Labute approximate surface area is 112 Å². The Balaban J connectivity index is 2.64. The molecule has 0 bridgehead atoms. The molecule has 1 rings (SSSR count). The molecule has 0 aliphatic heterocycles. The highest BCUT2D eigenvalue weighted by molar-refractivity contribution is 6.00. The van der Waals surface area contributed by atoms with Crippen molar-refractivity contribution in [3.63, 3.8) is 0 Å². The summed E-state index contributed by atoms with van der Waals surface area (Å²) in [5, 5.41) is 5.19. The number of amides is 2. The lowest BCUT2D eigenvalue weighted by molar-refractivity contribution is -0.120. The van der Waals surface area contributed by atoms with Gasteiger partial charge in [-0.25, -0.2) is 0 Å². The van der Waals surface area contributed by atoms with Crippen LogP contribution in [0.15, 0.2) is 18.2 Å². The summed E-state index contributed by atoms with van der Waals surface area (Å²) >= 11 is 0. The van der Waals surface area contributed by atoms with Gasteiger partial charge in [0.15, 0.2) is 5.75 Å². The maximum Gasteiger partial charge on any atom is 0.255 e. The zero-order valence-corrected chi connectivity index (χ0v) is 11.2. The van der Waals surface area contributed by atoms with Gasteiger partial charge < -0.3 is 21.1 Å². The molecule has 0 fully saturated rings. The molecular formula is C13H19N3O3. The minimum atomic E-state index is -0.393. The summed E-state index contributed by atoms with van der Waals surface area (Å²) in [5.74, 6) is -0.303.